The summed E-state index contributed by atoms with van der Waals surface area (Å²) >= 11 is 0. The molecule has 1 fully saturated rings. The molecule has 1 aromatic carbocycles. The van der Waals surface area contributed by atoms with Gasteiger partial charge in [-0.1, -0.05) is 11.3 Å². The number of aromatic nitrogens is 3. The quantitative estimate of drug-likeness (QED) is 0.855. The van der Waals surface area contributed by atoms with Crippen LogP contribution in [0.2, 0.25) is 0 Å². The number of carboxylic acids is 1. The minimum Gasteiger partial charge on any atom is -0.481 e. The zero-order chi connectivity index (χ0) is 18.2. The van der Waals surface area contributed by atoms with Gasteiger partial charge in [-0.3, -0.25) is 9.59 Å². The first-order valence-electron chi connectivity index (χ1n) is 7.33. The molecule has 1 aromatic heterocycles. The number of benzene rings is 1. The van der Waals surface area contributed by atoms with E-state index in [2.05, 4.69) is 15.6 Å². The number of carbonyl (C=O) groups is 2. The van der Waals surface area contributed by atoms with Gasteiger partial charge in [-0.25, -0.2) is 4.68 Å². The Balaban J connectivity index is 1.72. The lowest BCUT2D eigenvalue weighted by molar-refractivity contribution is -0.143. The van der Waals surface area contributed by atoms with Crippen LogP contribution in [0.5, 0.6) is 0 Å². The minimum atomic E-state index is -4.49. The smallest absolute Gasteiger partial charge is 0.416 e. The van der Waals surface area contributed by atoms with Gasteiger partial charge in [-0.15, -0.1) is 5.10 Å². The molecule has 0 aliphatic heterocycles. The Hall–Kier alpha value is -2.91. The largest absolute Gasteiger partial charge is 0.481 e. The summed E-state index contributed by atoms with van der Waals surface area (Å²) in [5, 5.41) is 18.8. The summed E-state index contributed by atoms with van der Waals surface area (Å²) in [6.07, 6.45) is -2.34. The van der Waals surface area contributed by atoms with E-state index in [1.54, 1.807) is 0 Å². The summed E-state index contributed by atoms with van der Waals surface area (Å²) in [7, 11) is 0. The number of alkyl halides is 3. The summed E-state index contributed by atoms with van der Waals surface area (Å²) in [5.74, 6) is -1.61. The molecule has 0 atom stereocenters. The SMILES string of the molecule is O=C(NCC1(C(=O)O)CC1)c1cn(-c2cccc(C(F)(F)F)c2)nn1. The Morgan fingerprint density at radius 1 is 1.32 bits per heavy atom. The van der Waals surface area contributed by atoms with Crippen molar-refractivity contribution in [2.45, 2.75) is 19.0 Å². The highest BCUT2D eigenvalue weighted by Gasteiger charge is 2.50. The van der Waals surface area contributed by atoms with Crippen LogP contribution in [0.3, 0.4) is 0 Å². The van der Waals surface area contributed by atoms with Crippen LogP contribution in [-0.2, 0) is 11.0 Å². The summed E-state index contributed by atoms with van der Waals surface area (Å²) in [4.78, 5) is 23.1. The fourth-order valence-corrected chi connectivity index (χ4v) is 2.28. The van der Waals surface area contributed by atoms with Crippen LogP contribution in [0, 0.1) is 5.41 Å². The molecule has 0 saturated heterocycles. The molecule has 1 aliphatic rings. The van der Waals surface area contributed by atoms with E-state index < -0.39 is 29.0 Å². The van der Waals surface area contributed by atoms with Crippen LogP contribution < -0.4 is 5.32 Å². The topological polar surface area (TPSA) is 97.1 Å². The summed E-state index contributed by atoms with van der Waals surface area (Å²) in [6.45, 7) is -0.0302. The Bertz CT molecular complexity index is 827. The van der Waals surface area contributed by atoms with Crippen molar-refractivity contribution >= 4 is 11.9 Å². The maximum atomic E-state index is 12.7. The number of nitrogens with one attached hydrogen (secondary N) is 1. The van der Waals surface area contributed by atoms with Crippen LogP contribution in [0.1, 0.15) is 28.9 Å². The summed E-state index contributed by atoms with van der Waals surface area (Å²) in [6, 6.07) is 4.44. The van der Waals surface area contributed by atoms with Crippen LogP contribution in [0.4, 0.5) is 13.2 Å². The van der Waals surface area contributed by atoms with E-state index >= 15 is 0 Å². The second-order valence-corrected chi connectivity index (χ2v) is 5.86. The maximum Gasteiger partial charge on any atom is 0.416 e. The average molecular weight is 354 g/mol. The van der Waals surface area contributed by atoms with Crippen molar-refractivity contribution in [3.8, 4) is 5.69 Å². The van der Waals surface area contributed by atoms with Crippen molar-refractivity contribution in [1.82, 2.24) is 20.3 Å². The standard InChI is InChI=1S/C15H13F3N4O3/c16-15(17,18)9-2-1-3-10(6-9)22-7-11(20-21-22)12(23)19-8-14(4-5-14)13(24)25/h1-3,6-7H,4-5,8H2,(H,19,23)(H,24,25). The fraction of sp³-hybridized carbons (Fsp3) is 0.333. The third kappa shape index (κ3) is 3.47. The number of aliphatic carboxylic acids is 1. The third-order valence-corrected chi connectivity index (χ3v) is 4.06. The molecule has 1 saturated carbocycles. The molecule has 25 heavy (non-hydrogen) atoms. The molecule has 0 radical (unpaired) electrons. The lowest BCUT2D eigenvalue weighted by Crippen LogP contribution is -2.34. The summed E-state index contributed by atoms with van der Waals surface area (Å²) in [5.41, 5.74) is -1.78. The van der Waals surface area contributed by atoms with Crippen LogP contribution in [-0.4, -0.2) is 38.5 Å². The van der Waals surface area contributed by atoms with Crippen LogP contribution in [0.15, 0.2) is 30.5 Å². The molecule has 0 unspecified atom stereocenters. The van der Waals surface area contributed by atoms with Crippen LogP contribution >= 0.6 is 0 Å². The van der Waals surface area contributed by atoms with Crippen molar-refractivity contribution in [1.29, 1.82) is 0 Å². The number of carboxylic acid groups (broad SMARTS) is 1. The number of amides is 1. The maximum absolute atomic E-state index is 12.7. The molecule has 1 aliphatic carbocycles. The molecule has 10 heteroatoms. The van der Waals surface area contributed by atoms with Crippen molar-refractivity contribution < 1.29 is 27.9 Å². The zero-order valence-electron chi connectivity index (χ0n) is 12.7. The molecular weight excluding hydrogens is 341 g/mol. The van der Waals surface area contributed by atoms with E-state index in [-0.39, 0.29) is 17.9 Å². The first-order valence-corrected chi connectivity index (χ1v) is 7.33. The molecule has 7 nitrogen and oxygen atoms in total. The van der Waals surface area contributed by atoms with E-state index in [9.17, 15) is 22.8 Å². The molecule has 1 heterocycles. The fourth-order valence-electron chi connectivity index (χ4n) is 2.28. The molecule has 0 bridgehead atoms. The Kier molecular flexibility index (Phi) is 3.97. The Labute approximate surface area is 139 Å². The monoisotopic (exact) mass is 354 g/mol. The highest BCUT2D eigenvalue weighted by molar-refractivity contribution is 5.92. The van der Waals surface area contributed by atoms with Crippen molar-refractivity contribution in [3.63, 3.8) is 0 Å². The second kappa shape index (κ2) is 5.87. The molecule has 1 amide bonds. The number of halogens is 3. The third-order valence-electron chi connectivity index (χ3n) is 4.06. The highest BCUT2D eigenvalue weighted by atomic mass is 19.4. The molecule has 2 N–H and O–H groups in total. The average Bonchev–Trinajstić information content (AvgIpc) is 3.20. The molecule has 132 valence electrons. The number of carbonyl (C=O) groups excluding carboxylic acids is 1. The van der Waals surface area contributed by atoms with Gasteiger partial charge in [0.15, 0.2) is 5.69 Å². The molecule has 2 aromatic rings. The van der Waals surface area contributed by atoms with E-state index in [1.807, 2.05) is 0 Å². The van der Waals surface area contributed by atoms with E-state index in [1.165, 1.54) is 18.3 Å². The highest BCUT2D eigenvalue weighted by Crippen LogP contribution is 2.45. The first kappa shape index (κ1) is 16.9. The van der Waals surface area contributed by atoms with Crippen molar-refractivity contribution in [3.05, 3.63) is 41.7 Å². The molecular formula is C15H13F3N4O3. The van der Waals surface area contributed by atoms with E-state index in [0.29, 0.717) is 12.8 Å². The normalized spacial score (nSPS) is 15.6. The minimum absolute atomic E-state index is 0.0302. The van der Waals surface area contributed by atoms with E-state index in [4.69, 9.17) is 5.11 Å². The predicted molar refractivity (Wildman–Crippen MR) is 78.0 cm³/mol. The van der Waals surface area contributed by atoms with Crippen LogP contribution in [0.25, 0.3) is 5.69 Å². The van der Waals surface area contributed by atoms with Gasteiger partial charge >= 0.3 is 12.1 Å². The number of nitrogens with zero attached hydrogens (tertiary/aromatic N) is 3. The number of hydrogen-bond acceptors (Lipinski definition) is 4. The van der Waals surface area contributed by atoms with Gasteiger partial charge in [-0.2, -0.15) is 13.2 Å². The van der Waals surface area contributed by atoms with Gasteiger partial charge in [0.1, 0.15) is 0 Å². The second-order valence-electron chi connectivity index (χ2n) is 5.86. The van der Waals surface area contributed by atoms with Gasteiger partial charge in [0.25, 0.3) is 5.91 Å². The van der Waals surface area contributed by atoms with Gasteiger partial charge in [0, 0.05) is 6.54 Å². The zero-order valence-corrected chi connectivity index (χ0v) is 12.7. The van der Waals surface area contributed by atoms with Crippen molar-refractivity contribution in [2.75, 3.05) is 6.54 Å². The van der Waals surface area contributed by atoms with Gasteiger partial charge in [0.2, 0.25) is 0 Å². The lowest BCUT2D eigenvalue weighted by Gasteiger charge is -2.09. The molecule has 0 spiro atoms. The van der Waals surface area contributed by atoms with Gasteiger partial charge in [-0.05, 0) is 31.0 Å². The van der Waals surface area contributed by atoms with Gasteiger partial charge < -0.3 is 10.4 Å². The number of hydrogen-bond donors (Lipinski definition) is 2. The summed E-state index contributed by atoms with van der Waals surface area (Å²) < 4.78 is 39.3. The number of rotatable bonds is 5. The Morgan fingerprint density at radius 2 is 2.04 bits per heavy atom. The lowest BCUT2D eigenvalue weighted by atomic mass is 10.1. The van der Waals surface area contributed by atoms with E-state index in [0.717, 1.165) is 16.8 Å². The predicted octanol–water partition coefficient (Wildman–Crippen LogP) is 1.88. The molecule has 3 rings (SSSR count). The first-order chi connectivity index (χ1) is 11.7. The van der Waals surface area contributed by atoms with Crippen molar-refractivity contribution in [2.24, 2.45) is 5.41 Å². The van der Waals surface area contributed by atoms with Gasteiger partial charge in [0.05, 0.1) is 22.9 Å². The Morgan fingerprint density at radius 3 is 2.64 bits per heavy atom.